The topological polar surface area (TPSA) is 4.93 Å². The summed E-state index contributed by atoms with van der Waals surface area (Å²) in [6, 6.07) is 34.6. The third-order valence-corrected chi connectivity index (χ3v) is 5.74. The molecule has 5 aromatic rings. The van der Waals surface area contributed by atoms with Crippen molar-refractivity contribution in [3.05, 3.63) is 116 Å². The summed E-state index contributed by atoms with van der Waals surface area (Å²) in [6.07, 6.45) is 4.04. The smallest absolute Gasteiger partial charge is 0.0541 e. The van der Waals surface area contributed by atoms with E-state index in [1.165, 1.54) is 44.1 Å². The number of benzene rings is 4. The van der Waals surface area contributed by atoms with Gasteiger partial charge in [0.15, 0.2) is 0 Å². The van der Waals surface area contributed by atoms with Gasteiger partial charge in [0, 0.05) is 16.5 Å². The molecule has 0 fully saturated rings. The minimum Gasteiger partial charge on any atom is -0.310 e. The number of rotatable bonds is 4. The summed E-state index contributed by atoms with van der Waals surface area (Å²) in [5.41, 5.74) is 8.41. The predicted octanol–water partition coefficient (Wildman–Crippen LogP) is 8.18. The van der Waals surface area contributed by atoms with Crippen LogP contribution in [-0.4, -0.2) is 4.57 Å². The zero-order valence-corrected chi connectivity index (χ0v) is 17.0. The molecule has 1 heteroatoms. The second kappa shape index (κ2) is 7.53. The lowest BCUT2D eigenvalue weighted by atomic mass is 10.0. The Balaban J connectivity index is 1.84. The van der Waals surface area contributed by atoms with Crippen molar-refractivity contribution in [3.63, 3.8) is 0 Å². The van der Waals surface area contributed by atoms with Crippen LogP contribution in [0.25, 0.3) is 49.8 Å². The van der Waals surface area contributed by atoms with Gasteiger partial charge in [-0.3, -0.25) is 0 Å². The molecule has 5 rings (SSSR count). The fourth-order valence-corrected chi connectivity index (χ4v) is 4.26. The van der Waals surface area contributed by atoms with Crippen molar-refractivity contribution in [2.24, 2.45) is 0 Å². The van der Waals surface area contributed by atoms with Gasteiger partial charge in [0.1, 0.15) is 0 Å². The molecule has 0 amide bonds. The zero-order chi connectivity index (χ0) is 20.5. The van der Waals surface area contributed by atoms with E-state index >= 15 is 0 Å². The minimum absolute atomic E-state index is 1.09. The lowest BCUT2D eigenvalue weighted by Gasteiger charge is -2.09. The number of nitrogens with zero attached hydrogens (tertiary/aromatic N) is 1. The van der Waals surface area contributed by atoms with E-state index in [9.17, 15) is 0 Å². The Morgan fingerprint density at radius 1 is 0.633 bits per heavy atom. The highest BCUT2D eigenvalue weighted by Crippen LogP contribution is 2.37. The van der Waals surface area contributed by atoms with Crippen LogP contribution in [0.1, 0.15) is 6.92 Å². The van der Waals surface area contributed by atoms with Gasteiger partial charge < -0.3 is 4.57 Å². The summed E-state index contributed by atoms with van der Waals surface area (Å²) >= 11 is 0. The van der Waals surface area contributed by atoms with Crippen LogP contribution in [0.3, 0.4) is 0 Å². The highest BCUT2D eigenvalue weighted by atomic mass is 15.0. The van der Waals surface area contributed by atoms with E-state index in [1.54, 1.807) is 0 Å². The average molecular weight is 386 g/mol. The summed E-state index contributed by atoms with van der Waals surface area (Å²) in [5, 5.41) is 2.51. The van der Waals surface area contributed by atoms with Crippen molar-refractivity contribution in [3.8, 4) is 22.3 Å². The van der Waals surface area contributed by atoms with Gasteiger partial charge in [0.2, 0.25) is 0 Å². The molecule has 0 radical (unpaired) electrons. The summed E-state index contributed by atoms with van der Waals surface area (Å²) in [7, 11) is 0. The molecule has 0 aliphatic heterocycles. The van der Waals surface area contributed by atoms with E-state index in [0.29, 0.717) is 0 Å². The van der Waals surface area contributed by atoms with E-state index in [0.717, 1.165) is 5.70 Å². The Hall–Kier alpha value is -3.84. The predicted molar refractivity (Wildman–Crippen MR) is 130 cm³/mol. The van der Waals surface area contributed by atoms with Crippen LogP contribution in [-0.2, 0) is 0 Å². The molecule has 0 N–H and O–H groups in total. The van der Waals surface area contributed by atoms with Crippen molar-refractivity contribution < 1.29 is 0 Å². The lowest BCUT2D eigenvalue weighted by molar-refractivity contribution is 1.23. The van der Waals surface area contributed by atoms with E-state index in [4.69, 9.17) is 0 Å². The standard InChI is InChI=1S/C29H23N/c1-3-25(4-2)30-28-17-15-23(21-11-7-5-8-12-21)19-26(28)27-20-24(16-18-29(27)30)22-13-9-6-10-14-22/h3-20H,1H2,2H3. The highest BCUT2D eigenvalue weighted by molar-refractivity contribution is 6.12. The third kappa shape index (κ3) is 2.96. The second-order valence-electron chi connectivity index (χ2n) is 7.45. The SMILES string of the molecule is C=CC(=CC)n1c2ccc(-c3ccccc3)cc2c2cc(-c3ccccc3)ccc21. The molecule has 0 aliphatic carbocycles. The maximum atomic E-state index is 4.04. The number of hydrogen-bond acceptors (Lipinski definition) is 0. The lowest BCUT2D eigenvalue weighted by Crippen LogP contribution is -1.93. The Morgan fingerprint density at radius 3 is 1.50 bits per heavy atom. The monoisotopic (exact) mass is 385 g/mol. The molecule has 1 heterocycles. The Morgan fingerprint density at radius 2 is 1.10 bits per heavy atom. The third-order valence-electron chi connectivity index (χ3n) is 5.74. The second-order valence-corrected chi connectivity index (χ2v) is 7.45. The van der Waals surface area contributed by atoms with Gasteiger partial charge in [-0.1, -0.05) is 85.5 Å². The molecular formula is C29H23N. The molecule has 4 aromatic carbocycles. The van der Waals surface area contributed by atoms with Crippen molar-refractivity contribution in [2.75, 3.05) is 0 Å². The van der Waals surface area contributed by atoms with Crippen LogP contribution in [0, 0.1) is 0 Å². The maximum Gasteiger partial charge on any atom is 0.0541 e. The van der Waals surface area contributed by atoms with Gasteiger partial charge in [0.25, 0.3) is 0 Å². The van der Waals surface area contributed by atoms with E-state index in [2.05, 4.69) is 121 Å². The zero-order valence-electron chi connectivity index (χ0n) is 17.0. The van der Waals surface area contributed by atoms with Crippen LogP contribution < -0.4 is 0 Å². The Labute approximate surface area is 177 Å². The van der Waals surface area contributed by atoms with Gasteiger partial charge in [-0.25, -0.2) is 0 Å². The van der Waals surface area contributed by atoms with E-state index < -0.39 is 0 Å². The summed E-state index contributed by atoms with van der Waals surface area (Å²) < 4.78 is 2.31. The van der Waals surface area contributed by atoms with Crippen LogP contribution in [0.15, 0.2) is 116 Å². The number of fused-ring (bicyclic) bond motifs is 3. The highest BCUT2D eigenvalue weighted by Gasteiger charge is 2.14. The van der Waals surface area contributed by atoms with Gasteiger partial charge in [-0.2, -0.15) is 0 Å². The number of aromatic nitrogens is 1. The van der Waals surface area contributed by atoms with Crippen LogP contribution in [0.2, 0.25) is 0 Å². The van der Waals surface area contributed by atoms with Crippen molar-refractivity contribution in [2.45, 2.75) is 6.92 Å². The summed E-state index contributed by atoms with van der Waals surface area (Å²) in [5.74, 6) is 0. The molecular weight excluding hydrogens is 362 g/mol. The van der Waals surface area contributed by atoms with Gasteiger partial charge in [0.05, 0.1) is 11.0 Å². The van der Waals surface area contributed by atoms with Crippen LogP contribution >= 0.6 is 0 Å². The largest absolute Gasteiger partial charge is 0.310 e. The molecule has 0 spiro atoms. The van der Waals surface area contributed by atoms with Crippen molar-refractivity contribution >= 4 is 27.5 Å². The molecule has 1 aromatic heterocycles. The van der Waals surface area contributed by atoms with Crippen LogP contribution in [0.4, 0.5) is 0 Å². The fraction of sp³-hybridized carbons (Fsp3) is 0.0345. The summed E-state index contributed by atoms with van der Waals surface area (Å²) in [4.78, 5) is 0. The fourth-order valence-electron chi connectivity index (χ4n) is 4.26. The minimum atomic E-state index is 1.09. The maximum absolute atomic E-state index is 4.04. The first kappa shape index (κ1) is 18.2. The molecule has 144 valence electrons. The Kier molecular flexibility index (Phi) is 4.57. The molecule has 30 heavy (non-hydrogen) atoms. The first-order valence-electron chi connectivity index (χ1n) is 10.3. The van der Waals surface area contributed by atoms with Crippen molar-refractivity contribution in [1.29, 1.82) is 0 Å². The van der Waals surface area contributed by atoms with Crippen molar-refractivity contribution in [1.82, 2.24) is 4.57 Å². The van der Waals surface area contributed by atoms with Gasteiger partial charge in [-0.15, -0.1) is 0 Å². The molecule has 0 bridgehead atoms. The molecule has 0 saturated heterocycles. The van der Waals surface area contributed by atoms with E-state index in [-0.39, 0.29) is 0 Å². The molecule has 0 aliphatic rings. The molecule has 1 nitrogen and oxygen atoms in total. The first-order valence-corrected chi connectivity index (χ1v) is 10.3. The van der Waals surface area contributed by atoms with Gasteiger partial charge >= 0.3 is 0 Å². The normalized spacial score (nSPS) is 11.8. The average Bonchev–Trinajstić information content (AvgIpc) is 3.14. The molecule has 0 saturated carbocycles. The van der Waals surface area contributed by atoms with E-state index in [1.807, 2.05) is 6.08 Å². The van der Waals surface area contributed by atoms with Gasteiger partial charge in [-0.05, 0) is 59.5 Å². The molecule has 0 unspecified atom stereocenters. The Bertz CT molecular complexity index is 1290. The molecule has 0 atom stereocenters. The van der Waals surface area contributed by atoms with Crippen LogP contribution in [0.5, 0.6) is 0 Å². The first-order chi connectivity index (χ1) is 14.8. The number of allylic oxidation sites excluding steroid dienone is 3. The quantitative estimate of drug-likeness (QED) is 0.275. The summed E-state index contributed by atoms with van der Waals surface area (Å²) in [6.45, 7) is 6.10. The number of hydrogen-bond donors (Lipinski definition) is 0.